The number of hydrogen-bond acceptors (Lipinski definition) is 0. The summed E-state index contributed by atoms with van der Waals surface area (Å²) in [6.45, 7) is 2.06. The Labute approximate surface area is 84.1 Å². The highest BCUT2D eigenvalue weighted by atomic mass is 79.9. The maximum absolute atomic E-state index is 13.0. The molecule has 0 atom stereocenters. The Morgan fingerprint density at radius 3 is 2.85 bits per heavy atom. The van der Waals surface area contributed by atoms with Crippen LogP contribution in [0.3, 0.4) is 0 Å². The van der Waals surface area contributed by atoms with E-state index in [9.17, 15) is 4.39 Å². The molecule has 0 unspecified atom stereocenters. The summed E-state index contributed by atoms with van der Waals surface area (Å²) in [5, 5.41) is 1.04. The molecule has 0 radical (unpaired) electrons. The summed E-state index contributed by atoms with van der Waals surface area (Å²) < 4.78 is 13.8. The fourth-order valence-corrected chi connectivity index (χ4v) is 1.96. The van der Waals surface area contributed by atoms with Gasteiger partial charge in [0, 0.05) is 21.1 Å². The normalized spacial score (nSPS) is 11.0. The number of aromatic nitrogens is 1. The predicted molar refractivity (Wildman–Crippen MR) is 55.3 cm³/mol. The van der Waals surface area contributed by atoms with E-state index in [0.717, 1.165) is 27.5 Å². The fraction of sp³-hybridized carbons (Fsp3) is 0.200. The summed E-state index contributed by atoms with van der Waals surface area (Å²) in [4.78, 5) is 3.16. The molecule has 13 heavy (non-hydrogen) atoms. The van der Waals surface area contributed by atoms with Crippen molar-refractivity contribution in [2.24, 2.45) is 0 Å². The average Bonchev–Trinajstić information content (AvgIpc) is 2.47. The van der Waals surface area contributed by atoms with E-state index in [4.69, 9.17) is 0 Å². The third-order valence-electron chi connectivity index (χ3n) is 2.09. The molecule has 0 aliphatic carbocycles. The zero-order chi connectivity index (χ0) is 9.42. The van der Waals surface area contributed by atoms with E-state index in [1.54, 1.807) is 0 Å². The SMILES string of the molecule is CCc1cc2c(Br)cc(F)cc2[nH]1. The lowest BCUT2D eigenvalue weighted by Crippen LogP contribution is -1.77. The number of nitrogens with one attached hydrogen (secondary N) is 1. The van der Waals surface area contributed by atoms with Gasteiger partial charge in [0.1, 0.15) is 5.82 Å². The number of aromatic amines is 1. The third kappa shape index (κ3) is 1.48. The Kier molecular flexibility index (Phi) is 2.12. The van der Waals surface area contributed by atoms with Crippen molar-refractivity contribution in [3.8, 4) is 0 Å². The first-order valence-electron chi connectivity index (χ1n) is 4.17. The van der Waals surface area contributed by atoms with E-state index in [1.165, 1.54) is 12.1 Å². The Bertz CT molecular complexity index is 447. The first kappa shape index (κ1) is 8.75. The minimum absolute atomic E-state index is 0.219. The standard InChI is InChI=1S/C10H9BrFN/c1-2-7-5-8-9(11)3-6(12)4-10(8)13-7/h3-5,13H,2H2,1H3. The van der Waals surface area contributed by atoms with Crippen LogP contribution >= 0.6 is 15.9 Å². The molecule has 2 rings (SSSR count). The molecule has 1 nitrogen and oxygen atoms in total. The number of fused-ring (bicyclic) bond motifs is 1. The number of H-pyrrole nitrogens is 1. The van der Waals surface area contributed by atoms with Crippen LogP contribution in [0.2, 0.25) is 0 Å². The topological polar surface area (TPSA) is 15.8 Å². The second-order valence-corrected chi connectivity index (χ2v) is 3.85. The average molecular weight is 242 g/mol. The molecule has 68 valence electrons. The molecule has 1 N–H and O–H groups in total. The lowest BCUT2D eigenvalue weighted by atomic mass is 10.2. The van der Waals surface area contributed by atoms with Crippen molar-refractivity contribution in [1.29, 1.82) is 0 Å². The summed E-state index contributed by atoms with van der Waals surface area (Å²) in [5.74, 6) is -0.219. The molecule has 1 aromatic carbocycles. The van der Waals surface area contributed by atoms with E-state index in [2.05, 4.69) is 27.8 Å². The van der Waals surface area contributed by atoms with Gasteiger partial charge in [-0.3, -0.25) is 0 Å². The highest BCUT2D eigenvalue weighted by Gasteiger charge is 2.04. The lowest BCUT2D eigenvalue weighted by Gasteiger charge is -1.93. The van der Waals surface area contributed by atoms with Crippen LogP contribution in [0.4, 0.5) is 4.39 Å². The van der Waals surface area contributed by atoms with Crippen LogP contribution in [0.25, 0.3) is 10.9 Å². The van der Waals surface area contributed by atoms with Crippen molar-refractivity contribution < 1.29 is 4.39 Å². The molecular weight excluding hydrogens is 233 g/mol. The maximum Gasteiger partial charge on any atom is 0.126 e. The zero-order valence-corrected chi connectivity index (χ0v) is 8.78. The van der Waals surface area contributed by atoms with Crippen LogP contribution in [0, 0.1) is 5.82 Å². The summed E-state index contributed by atoms with van der Waals surface area (Å²) >= 11 is 3.33. The largest absolute Gasteiger partial charge is 0.358 e. The zero-order valence-electron chi connectivity index (χ0n) is 7.20. The Morgan fingerprint density at radius 2 is 2.15 bits per heavy atom. The van der Waals surface area contributed by atoms with Crippen LogP contribution in [-0.2, 0) is 6.42 Å². The van der Waals surface area contributed by atoms with E-state index in [0.29, 0.717) is 0 Å². The quantitative estimate of drug-likeness (QED) is 0.785. The summed E-state index contributed by atoms with van der Waals surface area (Å²) in [6, 6.07) is 5.04. The molecule has 0 fully saturated rings. The first-order chi connectivity index (χ1) is 6.20. The molecule has 3 heteroatoms. The molecule has 0 saturated heterocycles. The fourth-order valence-electron chi connectivity index (χ4n) is 1.41. The highest BCUT2D eigenvalue weighted by molar-refractivity contribution is 9.10. The van der Waals surface area contributed by atoms with Crippen molar-refractivity contribution in [2.75, 3.05) is 0 Å². The summed E-state index contributed by atoms with van der Waals surface area (Å²) in [7, 11) is 0. The summed E-state index contributed by atoms with van der Waals surface area (Å²) in [5.41, 5.74) is 1.98. The van der Waals surface area contributed by atoms with Gasteiger partial charge in [0.25, 0.3) is 0 Å². The predicted octanol–water partition coefficient (Wildman–Crippen LogP) is 3.63. The van der Waals surface area contributed by atoms with Crippen molar-refractivity contribution in [2.45, 2.75) is 13.3 Å². The maximum atomic E-state index is 13.0. The second-order valence-electron chi connectivity index (χ2n) is 3.00. The lowest BCUT2D eigenvalue weighted by molar-refractivity contribution is 0.628. The Morgan fingerprint density at radius 1 is 1.38 bits per heavy atom. The minimum atomic E-state index is -0.219. The molecule has 0 bridgehead atoms. The van der Waals surface area contributed by atoms with Gasteiger partial charge < -0.3 is 4.98 Å². The highest BCUT2D eigenvalue weighted by Crippen LogP contribution is 2.26. The van der Waals surface area contributed by atoms with Gasteiger partial charge in [-0.25, -0.2) is 4.39 Å². The Hall–Kier alpha value is -0.830. The Balaban J connectivity index is 2.75. The van der Waals surface area contributed by atoms with Gasteiger partial charge in [-0.2, -0.15) is 0 Å². The molecule has 0 amide bonds. The van der Waals surface area contributed by atoms with Gasteiger partial charge in [0.15, 0.2) is 0 Å². The smallest absolute Gasteiger partial charge is 0.126 e. The second kappa shape index (κ2) is 3.14. The van der Waals surface area contributed by atoms with Crippen molar-refractivity contribution in [1.82, 2.24) is 4.98 Å². The van der Waals surface area contributed by atoms with Crippen LogP contribution in [0.1, 0.15) is 12.6 Å². The van der Waals surface area contributed by atoms with E-state index in [1.807, 2.05) is 6.07 Å². The molecular formula is C10H9BrFN. The van der Waals surface area contributed by atoms with Crippen LogP contribution in [0.15, 0.2) is 22.7 Å². The van der Waals surface area contributed by atoms with E-state index in [-0.39, 0.29) is 5.82 Å². The molecule has 2 aromatic rings. The van der Waals surface area contributed by atoms with E-state index < -0.39 is 0 Å². The van der Waals surface area contributed by atoms with Crippen LogP contribution < -0.4 is 0 Å². The number of hydrogen-bond donors (Lipinski definition) is 1. The minimum Gasteiger partial charge on any atom is -0.358 e. The van der Waals surface area contributed by atoms with Gasteiger partial charge in [-0.05, 0) is 40.5 Å². The van der Waals surface area contributed by atoms with Gasteiger partial charge in [0.2, 0.25) is 0 Å². The summed E-state index contributed by atoms with van der Waals surface area (Å²) in [6.07, 6.45) is 0.933. The molecule has 0 spiro atoms. The molecule has 0 aliphatic heterocycles. The molecule has 1 heterocycles. The van der Waals surface area contributed by atoms with Crippen LogP contribution in [-0.4, -0.2) is 4.98 Å². The third-order valence-corrected chi connectivity index (χ3v) is 2.75. The molecule has 0 aliphatic rings. The monoisotopic (exact) mass is 241 g/mol. The van der Waals surface area contributed by atoms with Gasteiger partial charge in [0.05, 0.1) is 0 Å². The number of rotatable bonds is 1. The molecule has 1 aromatic heterocycles. The first-order valence-corrected chi connectivity index (χ1v) is 4.96. The van der Waals surface area contributed by atoms with Crippen molar-refractivity contribution in [3.05, 3.63) is 34.2 Å². The van der Waals surface area contributed by atoms with Gasteiger partial charge in [-0.1, -0.05) is 6.92 Å². The van der Waals surface area contributed by atoms with Crippen molar-refractivity contribution in [3.63, 3.8) is 0 Å². The number of halogens is 2. The van der Waals surface area contributed by atoms with E-state index >= 15 is 0 Å². The molecule has 0 saturated carbocycles. The van der Waals surface area contributed by atoms with Gasteiger partial charge in [-0.15, -0.1) is 0 Å². The van der Waals surface area contributed by atoms with Crippen LogP contribution in [0.5, 0.6) is 0 Å². The van der Waals surface area contributed by atoms with Crippen molar-refractivity contribution >= 4 is 26.8 Å². The number of benzene rings is 1. The van der Waals surface area contributed by atoms with Gasteiger partial charge >= 0.3 is 0 Å². The number of aryl methyl sites for hydroxylation is 1.